The lowest BCUT2D eigenvalue weighted by Gasteiger charge is -2.31. The maximum Gasteiger partial charge on any atom is 0.0233 e. The van der Waals surface area contributed by atoms with E-state index < -0.39 is 0 Å². The number of hydrogen-bond donors (Lipinski definition) is 0. The standard InChI is InChI=1S/C18H29N/c1-3-4-8-16-11-13-17(14-12-16)15-19(2)18-9-6-5-7-10-18/h11-14,18H,3-10,15H2,1-2H3. The van der Waals surface area contributed by atoms with Gasteiger partial charge in [0.05, 0.1) is 0 Å². The van der Waals surface area contributed by atoms with Gasteiger partial charge in [0.1, 0.15) is 0 Å². The van der Waals surface area contributed by atoms with Crippen LogP contribution in [-0.2, 0) is 13.0 Å². The molecule has 0 spiro atoms. The number of benzene rings is 1. The highest BCUT2D eigenvalue weighted by Gasteiger charge is 2.17. The Morgan fingerprint density at radius 2 is 1.63 bits per heavy atom. The van der Waals surface area contributed by atoms with E-state index in [1.807, 2.05) is 0 Å². The van der Waals surface area contributed by atoms with Crippen LogP contribution in [-0.4, -0.2) is 18.0 Å². The Labute approximate surface area is 119 Å². The molecule has 0 bridgehead atoms. The highest BCUT2D eigenvalue weighted by Crippen LogP contribution is 2.23. The van der Waals surface area contributed by atoms with Gasteiger partial charge in [-0.1, -0.05) is 56.9 Å². The molecule has 0 unspecified atom stereocenters. The van der Waals surface area contributed by atoms with E-state index in [0.29, 0.717) is 0 Å². The average Bonchev–Trinajstić information content (AvgIpc) is 2.47. The molecule has 1 aromatic carbocycles. The molecule has 0 N–H and O–H groups in total. The summed E-state index contributed by atoms with van der Waals surface area (Å²) in [5.41, 5.74) is 2.96. The van der Waals surface area contributed by atoms with E-state index in [1.54, 1.807) is 0 Å². The molecule has 0 radical (unpaired) electrons. The van der Waals surface area contributed by atoms with E-state index in [1.165, 1.54) is 62.5 Å². The fourth-order valence-electron chi connectivity index (χ4n) is 3.13. The van der Waals surface area contributed by atoms with Crippen LogP contribution in [0.15, 0.2) is 24.3 Å². The molecule has 0 heterocycles. The molecule has 1 aliphatic carbocycles. The first-order valence-electron chi connectivity index (χ1n) is 8.07. The monoisotopic (exact) mass is 259 g/mol. The van der Waals surface area contributed by atoms with Crippen molar-refractivity contribution in [2.75, 3.05) is 7.05 Å². The van der Waals surface area contributed by atoms with Crippen molar-refractivity contribution < 1.29 is 0 Å². The number of unbranched alkanes of at least 4 members (excludes halogenated alkanes) is 1. The molecule has 1 aliphatic rings. The Kier molecular flexibility index (Phi) is 5.91. The minimum Gasteiger partial charge on any atom is -0.299 e. The number of hydrogen-bond acceptors (Lipinski definition) is 1. The smallest absolute Gasteiger partial charge is 0.0233 e. The van der Waals surface area contributed by atoms with Crippen LogP contribution in [0.3, 0.4) is 0 Å². The predicted molar refractivity (Wildman–Crippen MR) is 83.4 cm³/mol. The summed E-state index contributed by atoms with van der Waals surface area (Å²) >= 11 is 0. The Hall–Kier alpha value is -0.820. The molecular weight excluding hydrogens is 230 g/mol. The quantitative estimate of drug-likeness (QED) is 0.709. The Morgan fingerprint density at radius 3 is 2.26 bits per heavy atom. The molecule has 1 fully saturated rings. The number of nitrogens with zero attached hydrogens (tertiary/aromatic N) is 1. The SMILES string of the molecule is CCCCc1ccc(CN(C)C2CCCCC2)cc1. The molecule has 0 saturated heterocycles. The van der Waals surface area contributed by atoms with Crippen LogP contribution < -0.4 is 0 Å². The second-order valence-electron chi connectivity index (χ2n) is 6.13. The molecule has 106 valence electrons. The molecule has 0 atom stereocenters. The van der Waals surface area contributed by atoms with E-state index in [-0.39, 0.29) is 0 Å². The van der Waals surface area contributed by atoms with Gasteiger partial charge in [0.25, 0.3) is 0 Å². The minimum absolute atomic E-state index is 0.813. The first kappa shape index (κ1) is 14.6. The van der Waals surface area contributed by atoms with Crippen molar-refractivity contribution in [1.29, 1.82) is 0 Å². The summed E-state index contributed by atoms with van der Waals surface area (Å²) in [6.07, 6.45) is 10.9. The number of rotatable bonds is 6. The Bertz CT molecular complexity index is 348. The first-order valence-corrected chi connectivity index (χ1v) is 8.07. The van der Waals surface area contributed by atoms with Crippen LogP contribution in [0, 0.1) is 0 Å². The van der Waals surface area contributed by atoms with Gasteiger partial charge in [-0.05, 0) is 43.9 Å². The van der Waals surface area contributed by atoms with Gasteiger partial charge in [-0.25, -0.2) is 0 Å². The van der Waals surface area contributed by atoms with Gasteiger partial charge in [0, 0.05) is 12.6 Å². The van der Waals surface area contributed by atoms with Crippen LogP contribution in [0.4, 0.5) is 0 Å². The minimum atomic E-state index is 0.813. The van der Waals surface area contributed by atoms with E-state index in [9.17, 15) is 0 Å². The maximum absolute atomic E-state index is 2.56. The fourth-order valence-corrected chi connectivity index (χ4v) is 3.13. The summed E-state index contributed by atoms with van der Waals surface area (Å²) in [6.45, 7) is 3.37. The van der Waals surface area contributed by atoms with Gasteiger partial charge < -0.3 is 0 Å². The van der Waals surface area contributed by atoms with E-state index in [2.05, 4.69) is 43.1 Å². The maximum atomic E-state index is 2.56. The molecule has 19 heavy (non-hydrogen) atoms. The van der Waals surface area contributed by atoms with Crippen LogP contribution in [0.5, 0.6) is 0 Å². The van der Waals surface area contributed by atoms with Gasteiger partial charge in [-0.15, -0.1) is 0 Å². The zero-order valence-electron chi connectivity index (χ0n) is 12.7. The van der Waals surface area contributed by atoms with Crippen molar-refractivity contribution in [3.63, 3.8) is 0 Å². The summed E-state index contributed by atoms with van der Waals surface area (Å²) in [7, 11) is 2.29. The van der Waals surface area contributed by atoms with Crippen molar-refractivity contribution in [3.05, 3.63) is 35.4 Å². The summed E-state index contributed by atoms with van der Waals surface area (Å²) in [5.74, 6) is 0. The fraction of sp³-hybridized carbons (Fsp3) is 0.667. The normalized spacial score (nSPS) is 17.0. The van der Waals surface area contributed by atoms with E-state index >= 15 is 0 Å². The third-order valence-electron chi connectivity index (χ3n) is 4.47. The third-order valence-corrected chi connectivity index (χ3v) is 4.47. The second kappa shape index (κ2) is 7.69. The molecule has 1 nitrogen and oxygen atoms in total. The lowest BCUT2D eigenvalue weighted by Crippen LogP contribution is -2.32. The van der Waals surface area contributed by atoms with E-state index in [4.69, 9.17) is 0 Å². The lowest BCUT2D eigenvalue weighted by atomic mass is 9.94. The van der Waals surface area contributed by atoms with Crippen molar-refractivity contribution >= 4 is 0 Å². The lowest BCUT2D eigenvalue weighted by molar-refractivity contribution is 0.184. The van der Waals surface area contributed by atoms with Gasteiger partial charge in [-0.2, -0.15) is 0 Å². The summed E-state index contributed by atoms with van der Waals surface area (Å²) < 4.78 is 0. The highest BCUT2D eigenvalue weighted by molar-refractivity contribution is 5.22. The average molecular weight is 259 g/mol. The first-order chi connectivity index (χ1) is 9.29. The molecule has 0 aliphatic heterocycles. The molecule has 0 amide bonds. The second-order valence-corrected chi connectivity index (χ2v) is 6.13. The molecule has 1 aromatic rings. The van der Waals surface area contributed by atoms with Crippen molar-refractivity contribution in [2.45, 2.75) is 70.9 Å². The predicted octanol–water partition coefficient (Wildman–Crippen LogP) is 4.79. The van der Waals surface area contributed by atoms with Crippen molar-refractivity contribution in [2.24, 2.45) is 0 Å². The van der Waals surface area contributed by atoms with E-state index in [0.717, 1.165) is 12.6 Å². The molecule has 1 heteroatoms. The largest absolute Gasteiger partial charge is 0.299 e. The molecule has 2 rings (SSSR count). The molecular formula is C18H29N. The highest BCUT2D eigenvalue weighted by atomic mass is 15.1. The Balaban J connectivity index is 1.84. The molecule has 0 aromatic heterocycles. The Morgan fingerprint density at radius 1 is 1.00 bits per heavy atom. The van der Waals surface area contributed by atoms with Crippen LogP contribution >= 0.6 is 0 Å². The third kappa shape index (κ3) is 4.65. The van der Waals surface area contributed by atoms with Crippen LogP contribution in [0.2, 0.25) is 0 Å². The zero-order valence-corrected chi connectivity index (χ0v) is 12.7. The van der Waals surface area contributed by atoms with Gasteiger partial charge in [0.15, 0.2) is 0 Å². The summed E-state index contributed by atoms with van der Waals surface area (Å²) in [4.78, 5) is 2.56. The van der Waals surface area contributed by atoms with Crippen LogP contribution in [0.25, 0.3) is 0 Å². The summed E-state index contributed by atoms with van der Waals surface area (Å²) in [6, 6.07) is 10.1. The van der Waals surface area contributed by atoms with Crippen LogP contribution in [0.1, 0.15) is 63.0 Å². The zero-order chi connectivity index (χ0) is 13.5. The van der Waals surface area contributed by atoms with Gasteiger partial charge in [0.2, 0.25) is 0 Å². The molecule has 1 saturated carbocycles. The van der Waals surface area contributed by atoms with Crippen molar-refractivity contribution in [1.82, 2.24) is 4.90 Å². The topological polar surface area (TPSA) is 3.24 Å². The summed E-state index contributed by atoms with van der Waals surface area (Å²) in [5, 5.41) is 0. The van der Waals surface area contributed by atoms with Gasteiger partial charge >= 0.3 is 0 Å². The number of aryl methyl sites for hydroxylation is 1. The van der Waals surface area contributed by atoms with Crippen molar-refractivity contribution in [3.8, 4) is 0 Å². The van der Waals surface area contributed by atoms with Gasteiger partial charge in [-0.3, -0.25) is 4.90 Å².